The Morgan fingerprint density at radius 2 is 1.91 bits per heavy atom. The largest absolute Gasteiger partial charge is 0.459 e. The van der Waals surface area contributed by atoms with E-state index in [-0.39, 0.29) is 29.8 Å². The molecule has 116 valence electrons. The Hall–Kier alpha value is -2.63. The zero-order valence-corrected chi connectivity index (χ0v) is 12.0. The zero-order chi connectivity index (χ0) is 15.8. The smallest absolute Gasteiger partial charge is 0.287 e. The Kier molecular flexibility index (Phi) is 5.71. The summed E-state index contributed by atoms with van der Waals surface area (Å²) in [6.45, 7) is 0.639. The summed E-state index contributed by atoms with van der Waals surface area (Å²) in [5.41, 5.74) is 0.779. The fourth-order valence-electron chi connectivity index (χ4n) is 1.91. The van der Waals surface area contributed by atoms with Crippen molar-refractivity contribution in [2.24, 2.45) is 0 Å². The number of benzene rings is 1. The topological polar surface area (TPSA) is 71.3 Å². The van der Waals surface area contributed by atoms with Gasteiger partial charge >= 0.3 is 0 Å². The van der Waals surface area contributed by atoms with E-state index in [1.807, 2.05) is 0 Å². The first kappa shape index (κ1) is 15.8. The third kappa shape index (κ3) is 5.05. The van der Waals surface area contributed by atoms with Crippen LogP contribution in [-0.4, -0.2) is 24.9 Å². The standard InChI is InChI=1S/C16H17FN2O3/c17-13-4-1-3-12(11-13)6-7-15(20)18-8-9-19-16(21)14-5-2-10-22-14/h1-5,10-11H,6-9H2,(H,18,20)(H,19,21). The van der Waals surface area contributed by atoms with Crippen molar-refractivity contribution in [3.8, 4) is 0 Å². The van der Waals surface area contributed by atoms with E-state index in [2.05, 4.69) is 10.6 Å². The van der Waals surface area contributed by atoms with Gasteiger partial charge in [-0.2, -0.15) is 0 Å². The van der Waals surface area contributed by atoms with Crippen LogP contribution in [-0.2, 0) is 11.2 Å². The number of carbonyl (C=O) groups excluding carboxylic acids is 2. The maximum Gasteiger partial charge on any atom is 0.287 e. The van der Waals surface area contributed by atoms with E-state index in [0.717, 1.165) is 5.56 Å². The van der Waals surface area contributed by atoms with Gasteiger partial charge in [0.05, 0.1) is 6.26 Å². The van der Waals surface area contributed by atoms with Crippen LogP contribution in [0.4, 0.5) is 4.39 Å². The van der Waals surface area contributed by atoms with Crippen LogP contribution in [0.1, 0.15) is 22.5 Å². The van der Waals surface area contributed by atoms with Gasteiger partial charge in [-0.05, 0) is 36.2 Å². The molecule has 0 fully saturated rings. The van der Waals surface area contributed by atoms with Crippen molar-refractivity contribution in [1.82, 2.24) is 10.6 Å². The molecule has 2 rings (SSSR count). The minimum Gasteiger partial charge on any atom is -0.459 e. The summed E-state index contributed by atoms with van der Waals surface area (Å²) in [4.78, 5) is 23.2. The highest BCUT2D eigenvalue weighted by Crippen LogP contribution is 2.05. The van der Waals surface area contributed by atoms with Gasteiger partial charge in [0.2, 0.25) is 5.91 Å². The normalized spacial score (nSPS) is 10.2. The predicted octanol–water partition coefficient (Wildman–Crippen LogP) is 1.90. The van der Waals surface area contributed by atoms with Crippen molar-refractivity contribution >= 4 is 11.8 Å². The predicted molar refractivity (Wildman–Crippen MR) is 78.8 cm³/mol. The minimum absolute atomic E-state index is 0.142. The number of carbonyl (C=O) groups is 2. The quantitative estimate of drug-likeness (QED) is 0.767. The van der Waals surface area contributed by atoms with Gasteiger partial charge in [0.25, 0.3) is 5.91 Å². The number of nitrogens with one attached hydrogen (secondary N) is 2. The Morgan fingerprint density at radius 3 is 2.64 bits per heavy atom. The molecule has 0 atom stereocenters. The van der Waals surface area contributed by atoms with Crippen LogP contribution >= 0.6 is 0 Å². The number of rotatable bonds is 7. The molecule has 0 aliphatic carbocycles. The molecule has 0 radical (unpaired) electrons. The van der Waals surface area contributed by atoms with E-state index in [1.54, 1.807) is 24.3 Å². The first-order valence-corrected chi connectivity index (χ1v) is 6.98. The van der Waals surface area contributed by atoms with Crippen LogP contribution in [0, 0.1) is 5.82 Å². The molecule has 1 aromatic heterocycles. The monoisotopic (exact) mass is 304 g/mol. The molecule has 0 bridgehead atoms. The summed E-state index contributed by atoms with van der Waals surface area (Å²) in [6.07, 6.45) is 2.17. The molecule has 22 heavy (non-hydrogen) atoms. The Balaban J connectivity index is 1.61. The van der Waals surface area contributed by atoms with Gasteiger partial charge in [-0.3, -0.25) is 9.59 Å². The first-order valence-electron chi connectivity index (χ1n) is 6.98. The zero-order valence-electron chi connectivity index (χ0n) is 12.0. The summed E-state index contributed by atoms with van der Waals surface area (Å²) in [7, 11) is 0. The third-order valence-electron chi connectivity index (χ3n) is 3.01. The van der Waals surface area contributed by atoms with Gasteiger partial charge in [0.15, 0.2) is 5.76 Å². The maximum atomic E-state index is 13.0. The van der Waals surface area contributed by atoms with E-state index in [1.165, 1.54) is 18.4 Å². The SMILES string of the molecule is O=C(CCc1cccc(F)c1)NCCNC(=O)c1ccco1. The molecular formula is C16H17FN2O3. The van der Waals surface area contributed by atoms with Crippen LogP contribution in [0.2, 0.25) is 0 Å². The Morgan fingerprint density at radius 1 is 1.09 bits per heavy atom. The molecule has 6 heteroatoms. The van der Waals surface area contributed by atoms with Crippen molar-refractivity contribution < 1.29 is 18.4 Å². The number of halogens is 1. The van der Waals surface area contributed by atoms with E-state index in [4.69, 9.17) is 4.42 Å². The molecule has 2 N–H and O–H groups in total. The average molecular weight is 304 g/mol. The first-order chi connectivity index (χ1) is 10.6. The molecule has 2 aromatic rings. The highest BCUT2D eigenvalue weighted by molar-refractivity contribution is 5.91. The molecule has 0 saturated heterocycles. The van der Waals surface area contributed by atoms with Crippen molar-refractivity contribution in [2.45, 2.75) is 12.8 Å². The van der Waals surface area contributed by atoms with Crippen molar-refractivity contribution in [1.29, 1.82) is 0 Å². The summed E-state index contributed by atoms with van der Waals surface area (Å²) < 4.78 is 17.9. The lowest BCUT2D eigenvalue weighted by Gasteiger charge is -2.06. The minimum atomic E-state index is -0.320. The van der Waals surface area contributed by atoms with Crippen LogP contribution in [0.3, 0.4) is 0 Å². The summed E-state index contributed by atoms with van der Waals surface area (Å²) in [6, 6.07) is 9.37. The molecule has 0 aliphatic heterocycles. The average Bonchev–Trinajstić information content (AvgIpc) is 3.04. The molecule has 0 saturated carbocycles. The van der Waals surface area contributed by atoms with E-state index in [9.17, 15) is 14.0 Å². The highest BCUT2D eigenvalue weighted by Gasteiger charge is 2.07. The van der Waals surface area contributed by atoms with Crippen molar-refractivity contribution in [3.63, 3.8) is 0 Å². The van der Waals surface area contributed by atoms with E-state index >= 15 is 0 Å². The fraction of sp³-hybridized carbons (Fsp3) is 0.250. The number of hydrogen-bond donors (Lipinski definition) is 2. The van der Waals surface area contributed by atoms with Gasteiger partial charge in [-0.25, -0.2) is 4.39 Å². The van der Waals surface area contributed by atoms with Crippen molar-refractivity contribution in [2.75, 3.05) is 13.1 Å². The lowest BCUT2D eigenvalue weighted by Crippen LogP contribution is -2.34. The van der Waals surface area contributed by atoms with Crippen molar-refractivity contribution in [3.05, 3.63) is 59.8 Å². The molecule has 0 aliphatic rings. The molecule has 0 spiro atoms. The summed E-state index contributed by atoms with van der Waals surface area (Å²) >= 11 is 0. The molecule has 0 unspecified atom stereocenters. The summed E-state index contributed by atoms with van der Waals surface area (Å²) in [5.74, 6) is -0.536. The fourth-order valence-corrected chi connectivity index (χ4v) is 1.91. The third-order valence-corrected chi connectivity index (χ3v) is 3.01. The molecule has 5 nitrogen and oxygen atoms in total. The Labute approximate surface area is 127 Å². The van der Waals surface area contributed by atoms with Gasteiger partial charge < -0.3 is 15.1 Å². The van der Waals surface area contributed by atoms with Crippen LogP contribution in [0.5, 0.6) is 0 Å². The molecular weight excluding hydrogens is 287 g/mol. The second-order valence-corrected chi connectivity index (χ2v) is 4.71. The molecule has 1 heterocycles. The maximum absolute atomic E-state index is 13.0. The second-order valence-electron chi connectivity index (χ2n) is 4.71. The number of hydrogen-bond acceptors (Lipinski definition) is 3. The number of amides is 2. The van der Waals surface area contributed by atoms with Gasteiger partial charge in [-0.1, -0.05) is 12.1 Å². The van der Waals surface area contributed by atoms with Gasteiger partial charge in [0.1, 0.15) is 5.82 Å². The second kappa shape index (κ2) is 7.97. The Bertz CT molecular complexity index is 626. The molecule has 2 amide bonds. The van der Waals surface area contributed by atoms with Crippen LogP contribution < -0.4 is 10.6 Å². The summed E-state index contributed by atoms with van der Waals surface area (Å²) in [5, 5.41) is 5.31. The number of furan rings is 1. The van der Waals surface area contributed by atoms with Gasteiger partial charge in [-0.15, -0.1) is 0 Å². The van der Waals surface area contributed by atoms with E-state index in [0.29, 0.717) is 19.5 Å². The molecule has 1 aromatic carbocycles. The lowest BCUT2D eigenvalue weighted by molar-refractivity contribution is -0.121. The van der Waals surface area contributed by atoms with E-state index < -0.39 is 0 Å². The highest BCUT2D eigenvalue weighted by atomic mass is 19.1. The van der Waals surface area contributed by atoms with Crippen LogP contribution in [0.25, 0.3) is 0 Å². The van der Waals surface area contributed by atoms with Gasteiger partial charge in [0, 0.05) is 19.5 Å². The number of aryl methyl sites for hydroxylation is 1. The van der Waals surface area contributed by atoms with Crippen LogP contribution in [0.15, 0.2) is 47.1 Å². The lowest BCUT2D eigenvalue weighted by atomic mass is 10.1.